The zero-order valence-corrected chi connectivity index (χ0v) is 9.92. The first-order valence-electron chi connectivity index (χ1n) is 5.42. The van der Waals surface area contributed by atoms with Gasteiger partial charge in [-0.15, -0.1) is 0 Å². The van der Waals surface area contributed by atoms with Crippen molar-refractivity contribution in [1.29, 1.82) is 0 Å². The average molecular weight is 264 g/mol. The first kappa shape index (κ1) is 14.7. The van der Waals surface area contributed by atoms with E-state index < -0.39 is 12.8 Å². The number of halogens is 3. The molecule has 1 aromatic heterocycles. The van der Waals surface area contributed by atoms with E-state index >= 15 is 0 Å². The molecule has 1 heterocycles. The molecule has 0 aliphatic carbocycles. The molecule has 0 bridgehead atoms. The monoisotopic (exact) mass is 264 g/mol. The van der Waals surface area contributed by atoms with E-state index in [9.17, 15) is 13.2 Å². The summed E-state index contributed by atoms with van der Waals surface area (Å²) in [6, 6.07) is 1.65. The number of hydrogen-bond acceptors (Lipinski definition) is 5. The summed E-state index contributed by atoms with van der Waals surface area (Å²) in [6.45, 7) is 0.350. The Morgan fingerprint density at radius 3 is 2.67 bits per heavy atom. The molecule has 5 nitrogen and oxygen atoms in total. The number of nitrogen functional groups attached to an aromatic ring is 1. The fourth-order valence-corrected chi connectivity index (χ4v) is 1.33. The average Bonchev–Trinajstić information content (AvgIpc) is 2.27. The van der Waals surface area contributed by atoms with Crippen LogP contribution in [0.5, 0.6) is 0 Å². The van der Waals surface area contributed by atoms with Gasteiger partial charge in [0.15, 0.2) is 5.82 Å². The molecule has 102 valence electrons. The van der Waals surface area contributed by atoms with Gasteiger partial charge in [0.1, 0.15) is 19.0 Å². The molecule has 8 heteroatoms. The first-order valence-corrected chi connectivity index (χ1v) is 5.42. The number of nitrogens with one attached hydrogen (secondary N) is 1. The van der Waals surface area contributed by atoms with Crippen molar-refractivity contribution in [1.82, 2.24) is 9.97 Å². The van der Waals surface area contributed by atoms with Crippen LogP contribution in [0.3, 0.4) is 0 Å². The lowest BCUT2D eigenvalue weighted by Gasteiger charge is -2.09. The Labute approximate surface area is 103 Å². The molecule has 0 saturated carbocycles. The van der Waals surface area contributed by atoms with E-state index in [0.717, 1.165) is 6.42 Å². The van der Waals surface area contributed by atoms with Crippen LogP contribution in [0.4, 0.5) is 19.0 Å². The SMILES string of the molecule is CCCc1cc(NN)nc(COCC(F)(F)F)n1. The number of rotatable bonds is 6. The number of hydrazine groups is 1. The Kier molecular flexibility index (Phi) is 5.29. The lowest BCUT2D eigenvalue weighted by atomic mass is 10.2. The molecule has 1 aromatic rings. The molecule has 0 saturated heterocycles. The van der Waals surface area contributed by atoms with Gasteiger partial charge in [0.2, 0.25) is 0 Å². The minimum atomic E-state index is -4.35. The van der Waals surface area contributed by atoms with Crippen molar-refractivity contribution in [2.75, 3.05) is 12.0 Å². The summed E-state index contributed by atoms with van der Waals surface area (Å²) >= 11 is 0. The second-order valence-corrected chi connectivity index (χ2v) is 3.66. The van der Waals surface area contributed by atoms with Gasteiger partial charge in [-0.3, -0.25) is 0 Å². The fourth-order valence-electron chi connectivity index (χ4n) is 1.33. The van der Waals surface area contributed by atoms with Crippen molar-refractivity contribution in [3.63, 3.8) is 0 Å². The molecule has 0 aliphatic heterocycles. The fraction of sp³-hybridized carbons (Fsp3) is 0.600. The van der Waals surface area contributed by atoms with Crippen LogP contribution < -0.4 is 11.3 Å². The van der Waals surface area contributed by atoms with E-state index in [1.54, 1.807) is 6.07 Å². The number of ether oxygens (including phenoxy) is 1. The zero-order chi connectivity index (χ0) is 13.6. The van der Waals surface area contributed by atoms with E-state index in [1.807, 2.05) is 6.92 Å². The summed E-state index contributed by atoms with van der Waals surface area (Å²) in [5, 5.41) is 0. The predicted molar refractivity (Wildman–Crippen MR) is 59.5 cm³/mol. The van der Waals surface area contributed by atoms with Crippen molar-refractivity contribution in [3.05, 3.63) is 17.6 Å². The number of aryl methyl sites for hydroxylation is 1. The molecular weight excluding hydrogens is 249 g/mol. The Balaban J connectivity index is 2.66. The van der Waals surface area contributed by atoms with Gasteiger partial charge in [0, 0.05) is 11.8 Å². The van der Waals surface area contributed by atoms with Crippen molar-refractivity contribution < 1.29 is 17.9 Å². The van der Waals surface area contributed by atoms with E-state index in [4.69, 9.17) is 5.84 Å². The van der Waals surface area contributed by atoms with Crippen molar-refractivity contribution in [2.24, 2.45) is 5.84 Å². The topological polar surface area (TPSA) is 73.1 Å². The van der Waals surface area contributed by atoms with Gasteiger partial charge in [-0.2, -0.15) is 13.2 Å². The highest BCUT2D eigenvalue weighted by Crippen LogP contribution is 2.15. The molecule has 0 spiro atoms. The molecular formula is C10H15F3N4O. The maximum atomic E-state index is 11.9. The van der Waals surface area contributed by atoms with Crippen molar-refractivity contribution >= 4 is 5.82 Å². The van der Waals surface area contributed by atoms with Crippen LogP contribution in [0.2, 0.25) is 0 Å². The Bertz CT molecular complexity index is 384. The zero-order valence-electron chi connectivity index (χ0n) is 9.92. The van der Waals surface area contributed by atoms with Crippen LogP contribution in [0.1, 0.15) is 24.9 Å². The quantitative estimate of drug-likeness (QED) is 0.605. The maximum Gasteiger partial charge on any atom is 0.411 e. The largest absolute Gasteiger partial charge is 0.411 e. The molecule has 3 N–H and O–H groups in total. The molecule has 0 amide bonds. The maximum absolute atomic E-state index is 11.9. The van der Waals surface area contributed by atoms with Gasteiger partial charge >= 0.3 is 6.18 Å². The van der Waals surface area contributed by atoms with Crippen LogP contribution >= 0.6 is 0 Å². The molecule has 0 atom stereocenters. The molecule has 0 aliphatic rings. The second-order valence-electron chi connectivity index (χ2n) is 3.66. The highest BCUT2D eigenvalue weighted by Gasteiger charge is 2.27. The number of nitrogens with zero attached hydrogens (tertiary/aromatic N) is 2. The second kappa shape index (κ2) is 6.50. The lowest BCUT2D eigenvalue weighted by molar-refractivity contribution is -0.177. The summed E-state index contributed by atoms with van der Waals surface area (Å²) in [6.07, 6.45) is -2.79. The van der Waals surface area contributed by atoms with E-state index in [1.165, 1.54) is 0 Å². The molecule has 18 heavy (non-hydrogen) atoms. The smallest absolute Gasteiger partial charge is 0.364 e. The highest BCUT2D eigenvalue weighted by molar-refractivity contribution is 5.34. The minimum absolute atomic E-state index is 0.179. The summed E-state index contributed by atoms with van der Waals surface area (Å²) < 4.78 is 40.2. The molecule has 0 unspecified atom stereocenters. The molecule has 0 radical (unpaired) electrons. The van der Waals surface area contributed by atoms with Crippen LogP contribution in [0.25, 0.3) is 0 Å². The molecule has 0 fully saturated rings. The van der Waals surface area contributed by atoms with Crippen LogP contribution in [0, 0.1) is 0 Å². The molecule has 1 rings (SSSR count). The van der Waals surface area contributed by atoms with Gasteiger partial charge in [-0.05, 0) is 6.42 Å². The van der Waals surface area contributed by atoms with E-state index in [0.29, 0.717) is 17.9 Å². The third-order valence-corrected chi connectivity index (χ3v) is 1.98. The van der Waals surface area contributed by atoms with Crippen LogP contribution in [-0.2, 0) is 17.8 Å². The van der Waals surface area contributed by atoms with Crippen LogP contribution in [-0.4, -0.2) is 22.8 Å². The number of nitrogens with two attached hydrogens (primary N) is 1. The predicted octanol–water partition coefficient (Wildman–Crippen LogP) is 1.79. The minimum Gasteiger partial charge on any atom is -0.364 e. The standard InChI is InChI=1S/C10H15F3N4O/c1-2-3-7-4-8(17-14)16-9(15-7)5-18-6-10(11,12)13/h4H,2-3,5-6,14H2,1H3,(H,15,16,17). The lowest BCUT2D eigenvalue weighted by Crippen LogP contribution is -2.18. The number of alkyl halides is 3. The number of aromatic nitrogens is 2. The number of hydrogen-bond donors (Lipinski definition) is 2. The van der Waals surface area contributed by atoms with Crippen molar-refractivity contribution in [3.8, 4) is 0 Å². The summed E-state index contributed by atoms with van der Waals surface area (Å²) in [5.41, 5.74) is 3.06. The third-order valence-electron chi connectivity index (χ3n) is 1.98. The third kappa shape index (κ3) is 5.28. The van der Waals surface area contributed by atoms with Crippen LogP contribution in [0.15, 0.2) is 6.07 Å². The summed E-state index contributed by atoms with van der Waals surface area (Å²) in [5.74, 6) is 5.76. The first-order chi connectivity index (χ1) is 8.44. The summed E-state index contributed by atoms with van der Waals surface area (Å²) in [7, 11) is 0. The van der Waals surface area contributed by atoms with Gasteiger partial charge in [0.05, 0.1) is 0 Å². The Hall–Kier alpha value is -1.41. The molecule has 0 aromatic carbocycles. The summed E-state index contributed by atoms with van der Waals surface area (Å²) in [4.78, 5) is 8.01. The van der Waals surface area contributed by atoms with E-state index in [2.05, 4.69) is 20.1 Å². The van der Waals surface area contributed by atoms with E-state index in [-0.39, 0.29) is 12.4 Å². The van der Waals surface area contributed by atoms with Crippen molar-refractivity contribution in [2.45, 2.75) is 32.5 Å². The number of anilines is 1. The highest BCUT2D eigenvalue weighted by atomic mass is 19.4. The van der Waals surface area contributed by atoms with Gasteiger partial charge in [-0.25, -0.2) is 15.8 Å². The van der Waals surface area contributed by atoms with Gasteiger partial charge in [-0.1, -0.05) is 13.3 Å². The Morgan fingerprint density at radius 2 is 2.11 bits per heavy atom. The van der Waals surface area contributed by atoms with Gasteiger partial charge < -0.3 is 10.2 Å². The Morgan fingerprint density at radius 1 is 1.39 bits per heavy atom. The normalized spacial score (nSPS) is 11.6. The van der Waals surface area contributed by atoms with Gasteiger partial charge in [0.25, 0.3) is 0 Å².